The van der Waals surface area contributed by atoms with E-state index in [1.165, 1.54) is 0 Å². The van der Waals surface area contributed by atoms with Crippen molar-refractivity contribution in [3.05, 3.63) is 219 Å². The third-order valence-corrected chi connectivity index (χ3v) is 8.37. The average molecular weight is 792 g/mol. The van der Waals surface area contributed by atoms with E-state index in [2.05, 4.69) is 10.9 Å². The van der Waals surface area contributed by atoms with Crippen LogP contribution in [0.25, 0.3) is 44.8 Å². The highest BCUT2D eigenvalue weighted by Gasteiger charge is 2.18. The van der Waals surface area contributed by atoms with Gasteiger partial charge in [-0.05, 0) is 60.2 Å². The van der Waals surface area contributed by atoms with Crippen LogP contribution in [0.15, 0.2) is 176 Å². The van der Waals surface area contributed by atoms with Crippen LogP contribution in [0.2, 0.25) is 10.0 Å². The predicted molar refractivity (Wildman–Crippen MR) is 230 cm³/mol. The number of benzene rings is 6. The minimum Gasteiger partial charge on any atom is -0.384 e. The Hall–Kier alpha value is -6.87. The average Bonchev–Trinajstić information content (AvgIpc) is 3.24. The first kappa shape index (κ1) is 41.9. The van der Waals surface area contributed by atoms with Crippen molar-refractivity contribution in [3.8, 4) is 40.0 Å². The van der Waals surface area contributed by atoms with E-state index >= 15 is 0 Å². The van der Waals surface area contributed by atoms with Gasteiger partial charge in [0.25, 0.3) is 0 Å². The summed E-state index contributed by atoms with van der Waals surface area (Å²) in [4.78, 5) is 24.9. The lowest BCUT2D eigenvalue weighted by atomic mass is 10.0. The van der Waals surface area contributed by atoms with Crippen LogP contribution in [-0.2, 0) is 0 Å². The molecule has 7 aromatic rings. The van der Waals surface area contributed by atoms with Gasteiger partial charge in [0, 0.05) is 37.9 Å². The highest BCUT2D eigenvalue weighted by Crippen LogP contribution is 2.32. The molecule has 56 heavy (non-hydrogen) atoms. The molecule has 0 aliphatic heterocycles. The van der Waals surface area contributed by atoms with Crippen molar-refractivity contribution < 1.29 is 4.79 Å². The molecule has 0 amide bonds. The molecule has 3 N–H and O–H groups in total. The van der Waals surface area contributed by atoms with Gasteiger partial charge in [-0.25, -0.2) is 14.8 Å². The van der Waals surface area contributed by atoms with E-state index in [-0.39, 0.29) is 29.7 Å². The second-order valence-electron chi connectivity index (χ2n) is 11.6. The second kappa shape index (κ2) is 21.1. The lowest BCUT2D eigenvalue weighted by Crippen LogP contribution is -2.10. The number of hydrogen-bond acceptors (Lipinski definition) is 5. The molecule has 0 fully saturated rings. The highest BCUT2D eigenvalue weighted by molar-refractivity contribution is 6.31. The molecule has 0 aliphatic rings. The van der Waals surface area contributed by atoms with Crippen molar-refractivity contribution in [1.29, 1.82) is 10.7 Å². The summed E-state index contributed by atoms with van der Waals surface area (Å²) in [6.45, 7) is 7.12. The maximum Gasteiger partial charge on any atom is 0.234 e. The summed E-state index contributed by atoms with van der Waals surface area (Å²) in [6.07, 6.45) is 1.61. The number of nitrogens with zero attached hydrogens (tertiary/aromatic N) is 4. The molecule has 0 saturated carbocycles. The molecular formula is C46H33Cl3N6O. The Bertz CT molecular complexity index is 2420. The molecule has 0 unspecified atom stereocenters. The number of nitrogens with one attached hydrogen (secondary N) is 1. The predicted octanol–water partition coefficient (Wildman–Crippen LogP) is 11.9. The fourth-order valence-electron chi connectivity index (χ4n) is 5.13. The van der Waals surface area contributed by atoms with Gasteiger partial charge in [0.05, 0.1) is 18.0 Å². The molecule has 7 nitrogen and oxygen atoms in total. The van der Waals surface area contributed by atoms with Crippen LogP contribution in [0.3, 0.4) is 0 Å². The van der Waals surface area contributed by atoms with Crippen LogP contribution in [0.4, 0.5) is 0 Å². The number of ketones is 1. The van der Waals surface area contributed by atoms with E-state index in [1.54, 1.807) is 54.6 Å². The Morgan fingerprint density at radius 1 is 0.643 bits per heavy atom. The van der Waals surface area contributed by atoms with E-state index < -0.39 is 0 Å². The number of halogens is 3. The van der Waals surface area contributed by atoms with Crippen LogP contribution in [0.5, 0.6) is 0 Å². The topological polar surface area (TPSA) is 121 Å². The van der Waals surface area contributed by atoms with Gasteiger partial charge in [0.2, 0.25) is 5.70 Å². The first-order valence-corrected chi connectivity index (χ1v) is 17.6. The summed E-state index contributed by atoms with van der Waals surface area (Å²) in [7, 11) is 0. The Balaban J connectivity index is 0.000000207. The molecule has 7 rings (SSSR count). The number of nitrogen functional groups attached to an aromatic ring is 1. The summed E-state index contributed by atoms with van der Waals surface area (Å²) in [5, 5.41) is 18.2. The number of nitrogens with two attached hydrogens (primary N) is 1. The monoisotopic (exact) mass is 790 g/mol. The van der Waals surface area contributed by atoms with Crippen LogP contribution < -0.4 is 5.73 Å². The summed E-state index contributed by atoms with van der Waals surface area (Å²) in [6, 6.07) is 54.2. The van der Waals surface area contributed by atoms with Crippen molar-refractivity contribution in [2.75, 3.05) is 0 Å². The Kier molecular flexibility index (Phi) is 15.8. The smallest absolute Gasteiger partial charge is 0.234 e. The first-order chi connectivity index (χ1) is 26.8. The molecule has 0 spiro atoms. The molecule has 6 aromatic carbocycles. The zero-order valence-electron chi connectivity index (χ0n) is 29.7. The molecule has 0 bridgehead atoms. The van der Waals surface area contributed by atoms with Gasteiger partial charge in [0.15, 0.2) is 11.6 Å². The van der Waals surface area contributed by atoms with Crippen molar-refractivity contribution in [3.63, 3.8) is 0 Å². The number of hydrogen-bond donors (Lipinski definition) is 2. The maximum absolute atomic E-state index is 12.1. The lowest BCUT2D eigenvalue weighted by molar-refractivity contribution is 0.103. The quantitative estimate of drug-likeness (QED) is 0.0547. The van der Waals surface area contributed by atoms with Gasteiger partial charge in [-0.2, -0.15) is 5.26 Å². The fourth-order valence-corrected chi connectivity index (χ4v) is 5.38. The van der Waals surface area contributed by atoms with Gasteiger partial charge >= 0.3 is 0 Å². The zero-order chi connectivity index (χ0) is 39.0. The molecule has 0 radical (unpaired) electrons. The van der Waals surface area contributed by atoms with Gasteiger partial charge in [-0.15, -0.1) is 12.4 Å². The van der Waals surface area contributed by atoms with Gasteiger partial charge < -0.3 is 10.5 Å². The molecule has 1 aromatic heterocycles. The number of nitriles is 1. The Morgan fingerprint density at radius 3 is 1.50 bits per heavy atom. The fraction of sp³-hybridized carbons (Fsp3) is 0. The Labute approximate surface area is 342 Å². The number of amidine groups is 1. The molecule has 10 heteroatoms. The van der Waals surface area contributed by atoms with Crippen molar-refractivity contribution in [2.45, 2.75) is 0 Å². The first-order valence-electron chi connectivity index (χ1n) is 16.8. The molecule has 0 saturated heterocycles. The Morgan fingerprint density at radius 2 is 1.07 bits per heavy atom. The number of carbonyl (C=O) groups is 1. The number of Topliss-reactive ketones (excluding diaryl/α,β-unsaturated/α-hetero) is 1. The van der Waals surface area contributed by atoms with Crippen LogP contribution in [0, 0.1) is 23.3 Å². The molecule has 0 atom stereocenters. The minimum atomic E-state index is -0.241. The van der Waals surface area contributed by atoms with E-state index in [4.69, 9.17) is 50.9 Å². The van der Waals surface area contributed by atoms with Crippen LogP contribution in [-0.4, -0.2) is 21.6 Å². The van der Waals surface area contributed by atoms with E-state index in [9.17, 15) is 10.1 Å². The SMILES string of the molecule is Cl.N#Cc1c(-c2ccccc2)nc(-c2ccc(Cl)cc2)nc1-c1ccccc1.N=C(N)c1ccc(Cl)cc1.[C-]#[N+]/C(=C\c1ccccc1)C(=O)c1ccccc1. The summed E-state index contributed by atoms with van der Waals surface area (Å²) >= 11 is 11.6. The van der Waals surface area contributed by atoms with Crippen molar-refractivity contribution in [2.24, 2.45) is 5.73 Å². The van der Waals surface area contributed by atoms with Gasteiger partial charge in [-0.3, -0.25) is 5.41 Å². The minimum absolute atomic E-state index is 0. The number of rotatable bonds is 7. The number of allylic oxidation sites excluding steroid dienone is 1. The van der Waals surface area contributed by atoms with E-state index in [1.807, 2.05) is 121 Å². The molecular weight excluding hydrogens is 759 g/mol. The van der Waals surface area contributed by atoms with Crippen molar-refractivity contribution >= 4 is 53.3 Å². The second-order valence-corrected chi connectivity index (χ2v) is 12.5. The maximum atomic E-state index is 12.1. The number of carbonyl (C=O) groups excluding carboxylic acids is 1. The molecule has 0 aliphatic carbocycles. The van der Waals surface area contributed by atoms with Gasteiger partial charge in [-0.1, -0.05) is 145 Å². The van der Waals surface area contributed by atoms with E-state index in [0.29, 0.717) is 43.9 Å². The number of aromatic nitrogens is 2. The lowest BCUT2D eigenvalue weighted by Gasteiger charge is -2.12. The third kappa shape index (κ3) is 11.6. The normalized spacial score (nSPS) is 10.1. The standard InChI is InChI=1S/C23H14ClN3.C16H11NO.C7H7ClN2.ClH/c24-19-13-11-18(12-14-19)23-26-21(16-7-3-1-4-8-16)20(15-25)22(27-23)17-9-5-2-6-10-17;1-17-15(12-13-8-4-2-5-9-13)16(18)14-10-6-3-7-11-14;8-6-3-1-5(2-4-6)7(9)10;/h1-14H;2-12H;1-4H,(H3,9,10);1H/b;15-12-;;. The van der Waals surface area contributed by atoms with Crippen LogP contribution >= 0.6 is 35.6 Å². The molecule has 274 valence electrons. The van der Waals surface area contributed by atoms with Gasteiger partial charge in [0.1, 0.15) is 17.5 Å². The summed E-state index contributed by atoms with van der Waals surface area (Å²) < 4.78 is 0. The van der Waals surface area contributed by atoms with Crippen LogP contribution in [0.1, 0.15) is 27.0 Å². The van der Waals surface area contributed by atoms with Crippen molar-refractivity contribution in [1.82, 2.24) is 9.97 Å². The zero-order valence-corrected chi connectivity index (χ0v) is 32.0. The summed E-state index contributed by atoms with van der Waals surface area (Å²) in [5.41, 5.74) is 11.7. The van der Waals surface area contributed by atoms with E-state index in [0.717, 1.165) is 22.3 Å². The third-order valence-electron chi connectivity index (χ3n) is 7.86. The summed E-state index contributed by atoms with van der Waals surface area (Å²) in [5.74, 6) is 0.384. The largest absolute Gasteiger partial charge is 0.384 e. The molecule has 1 heterocycles. The highest BCUT2D eigenvalue weighted by atomic mass is 35.5.